The molecule has 0 atom stereocenters. The molecule has 0 saturated heterocycles. The van der Waals surface area contributed by atoms with Gasteiger partial charge in [-0.25, -0.2) is 9.67 Å². The summed E-state index contributed by atoms with van der Waals surface area (Å²) in [7, 11) is 0. The van der Waals surface area contributed by atoms with E-state index in [4.69, 9.17) is 10.1 Å². The number of thiazole rings is 1. The summed E-state index contributed by atoms with van der Waals surface area (Å²) in [5, 5.41) is 6.80. The third-order valence-corrected chi connectivity index (χ3v) is 5.59. The molecule has 0 bridgehead atoms. The van der Waals surface area contributed by atoms with Gasteiger partial charge in [0.2, 0.25) is 4.80 Å². The number of pyridine rings is 1. The lowest BCUT2D eigenvalue weighted by atomic mass is 10.0. The fourth-order valence-electron chi connectivity index (χ4n) is 3.23. The van der Waals surface area contributed by atoms with Gasteiger partial charge >= 0.3 is 0 Å². The second kappa shape index (κ2) is 8.77. The van der Waals surface area contributed by atoms with Crippen molar-refractivity contribution in [1.82, 2.24) is 14.6 Å². The third kappa shape index (κ3) is 4.29. The highest BCUT2D eigenvalue weighted by molar-refractivity contribution is 7.07. The lowest BCUT2D eigenvalue weighted by Gasteiger charge is -2.06. The second-order valence-corrected chi connectivity index (χ2v) is 7.69. The summed E-state index contributed by atoms with van der Waals surface area (Å²) in [6.45, 7) is 0. The van der Waals surface area contributed by atoms with E-state index in [0.29, 0.717) is 0 Å². The molecule has 0 aliphatic heterocycles. The number of aromatic amines is 1. The third-order valence-electron chi connectivity index (χ3n) is 4.78. The SMILES string of the molecule is C(=Nn1c(-c2ccc(-c3ccccc3)cc2)csc1=Nc1cccnc1)c1ccc[nH]1. The van der Waals surface area contributed by atoms with Crippen LogP contribution in [0.1, 0.15) is 5.69 Å². The average molecular weight is 422 g/mol. The fraction of sp³-hybridized carbons (Fsp3) is 0. The molecule has 5 rings (SSSR count). The van der Waals surface area contributed by atoms with Crippen molar-refractivity contribution in [2.75, 3.05) is 0 Å². The molecule has 3 aromatic heterocycles. The predicted octanol–water partition coefficient (Wildman–Crippen LogP) is 5.72. The zero-order chi connectivity index (χ0) is 20.9. The van der Waals surface area contributed by atoms with Crippen molar-refractivity contribution >= 4 is 23.2 Å². The zero-order valence-electron chi connectivity index (χ0n) is 16.6. The standard InChI is InChI=1S/C25H19N5S/c1-2-6-19(7-3-1)20-10-12-21(13-11-20)24-18-31-25(29-23-9-4-14-26-16-23)30(24)28-17-22-8-5-15-27-22/h1-18,27H. The van der Waals surface area contributed by atoms with Crippen LogP contribution >= 0.6 is 11.3 Å². The van der Waals surface area contributed by atoms with Crippen LogP contribution in [0.15, 0.2) is 113 Å². The Morgan fingerprint density at radius 2 is 1.65 bits per heavy atom. The van der Waals surface area contributed by atoms with Gasteiger partial charge in [0.05, 0.1) is 29.5 Å². The number of benzene rings is 2. The highest BCUT2D eigenvalue weighted by Gasteiger charge is 2.08. The largest absolute Gasteiger partial charge is 0.360 e. The first kappa shape index (κ1) is 19.0. The van der Waals surface area contributed by atoms with Crippen LogP contribution in [0.4, 0.5) is 5.69 Å². The Balaban J connectivity index is 1.57. The number of nitrogens with zero attached hydrogens (tertiary/aromatic N) is 4. The summed E-state index contributed by atoms with van der Waals surface area (Å²) < 4.78 is 1.87. The maximum absolute atomic E-state index is 4.75. The Morgan fingerprint density at radius 3 is 2.39 bits per heavy atom. The number of hydrogen-bond acceptors (Lipinski definition) is 4. The molecule has 0 aliphatic carbocycles. The van der Waals surface area contributed by atoms with E-state index in [1.807, 2.05) is 41.2 Å². The van der Waals surface area contributed by atoms with Crippen molar-refractivity contribution in [3.8, 4) is 22.4 Å². The Hall–Kier alpha value is -4.03. The molecule has 0 spiro atoms. The van der Waals surface area contributed by atoms with Gasteiger partial charge in [0.1, 0.15) is 0 Å². The van der Waals surface area contributed by atoms with Crippen LogP contribution in [0.3, 0.4) is 0 Å². The van der Waals surface area contributed by atoms with Crippen molar-refractivity contribution in [1.29, 1.82) is 0 Å². The molecule has 0 radical (unpaired) electrons. The van der Waals surface area contributed by atoms with Crippen molar-refractivity contribution < 1.29 is 0 Å². The Morgan fingerprint density at radius 1 is 0.839 bits per heavy atom. The van der Waals surface area contributed by atoms with Crippen LogP contribution in [0.2, 0.25) is 0 Å². The normalized spacial score (nSPS) is 11.9. The molecule has 0 unspecified atom stereocenters. The number of hydrogen-bond donors (Lipinski definition) is 1. The molecule has 5 nitrogen and oxygen atoms in total. The summed E-state index contributed by atoms with van der Waals surface area (Å²) in [4.78, 5) is 12.8. The fourth-order valence-corrected chi connectivity index (χ4v) is 4.08. The lowest BCUT2D eigenvalue weighted by molar-refractivity contribution is 0.853. The maximum atomic E-state index is 4.75. The minimum atomic E-state index is 0.776. The minimum Gasteiger partial charge on any atom is -0.360 e. The monoisotopic (exact) mass is 421 g/mol. The Bertz CT molecular complexity index is 1350. The molecule has 6 heteroatoms. The van der Waals surface area contributed by atoms with Crippen LogP contribution in [-0.2, 0) is 0 Å². The summed E-state index contributed by atoms with van der Waals surface area (Å²) in [5.74, 6) is 0. The van der Waals surface area contributed by atoms with Gasteiger partial charge in [-0.3, -0.25) is 4.98 Å². The molecule has 3 heterocycles. The van der Waals surface area contributed by atoms with E-state index < -0.39 is 0 Å². The van der Waals surface area contributed by atoms with Gasteiger partial charge in [-0.15, -0.1) is 11.3 Å². The topological polar surface area (TPSA) is 58.3 Å². The van der Waals surface area contributed by atoms with E-state index in [9.17, 15) is 0 Å². The van der Waals surface area contributed by atoms with Gasteiger partial charge < -0.3 is 4.98 Å². The van der Waals surface area contributed by atoms with E-state index >= 15 is 0 Å². The quantitative estimate of drug-likeness (QED) is 0.363. The van der Waals surface area contributed by atoms with E-state index in [1.165, 1.54) is 11.1 Å². The van der Waals surface area contributed by atoms with Crippen molar-refractivity contribution in [2.24, 2.45) is 10.1 Å². The molecular formula is C25H19N5S. The van der Waals surface area contributed by atoms with Crippen LogP contribution < -0.4 is 4.80 Å². The summed E-state index contributed by atoms with van der Waals surface area (Å²) in [6, 6.07) is 26.6. The van der Waals surface area contributed by atoms with Crippen LogP contribution in [0.5, 0.6) is 0 Å². The highest BCUT2D eigenvalue weighted by atomic mass is 32.1. The lowest BCUT2D eigenvalue weighted by Crippen LogP contribution is -2.11. The molecule has 5 aromatic rings. The molecule has 0 amide bonds. The highest BCUT2D eigenvalue weighted by Crippen LogP contribution is 2.25. The van der Waals surface area contributed by atoms with E-state index in [0.717, 1.165) is 27.4 Å². The number of rotatable bonds is 5. The van der Waals surface area contributed by atoms with E-state index in [1.54, 1.807) is 29.9 Å². The summed E-state index contributed by atoms with van der Waals surface area (Å²) in [5.41, 5.74) is 6.16. The van der Waals surface area contributed by atoms with E-state index in [-0.39, 0.29) is 0 Å². The molecule has 2 aromatic carbocycles. The molecule has 0 saturated carbocycles. The first-order valence-electron chi connectivity index (χ1n) is 9.86. The number of nitrogens with one attached hydrogen (secondary N) is 1. The van der Waals surface area contributed by atoms with E-state index in [2.05, 4.69) is 63.9 Å². The Labute approximate surface area is 183 Å². The molecule has 0 aliphatic rings. The predicted molar refractivity (Wildman–Crippen MR) is 126 cm³/mol. The zero-order valence-corrected chi connectivity index (χ0v) is 17.4. The maximum Gasteiger partial charge on any atom is 0.211 e. The van der Waals surface area contributed by atoms with Gasteiger partial charge in [0.25, 0.3) is 0 Å². The first-order valence-corrected chi connectivity index (χ1v) is 10.7. The van der Waals surface area contributed by atoms with Crippen LogP contribution in [0.25, 0.3) is 22.4 Å². The van der Waals surface area contributed by atoms with Gasteiger partial charge in [-0.2, -0.15) is 5.10 Å². The molecular weight excluding hydrogens is 402 g/mol. The summed E-state index contributed by atoms with van der Waals surface area (Å²) >= 11 is 1.55. The second-order valence-electron chi connectivity index (χ2n) is 6.85. The molecule has 0 fully saturated rings. The minimum absolute atomic E-state index is 0.776. The van der Waals surface area contributed by atoms with Crippen molar-refractivity contribution in [3.05, 3.63) is 113 Å². The molecule has 1 N–H and O–H groups in total. The van der Waals surface area contributed by atoms with Gasteiger partial charge in [0.15, 0.2) is 0 Å². The van der Waals surface area contributed by atoms with Crippen molar-refractivity contribution in [2.45, 2.75) is 0 Å². The van der Waals surface area contributed by atoms with Crippen LogP contribution in [0, 0.1) is 0 Å². The average Bonchev–Trinajstić information content (AvgIpc) is 3.49. The number of H-pyrrole nitrogens is 1. The summed E-state index contributed by atoms with van der Waals surface area (Å²) in [6.07, 6.45) is 7.16. The Kier molecular flexibility index (Phi) is 5.36. The van der Waals surface area contributed by atoms with Gasteiger partial charge in [-0.05, 0) is 35.4 Å². The van der Waals surface area contributed by atoms with Crippen molar-refractivity contribution in [3.63, 3.8) is 0 Å². The molecule has 150 valence electrons. The molecule has 31 heavy (non-hydrogen) atoms. The van der Waals surface area contributed by atoms with Gasteiger partial charge in [0, 0.05) is 23.3 Å². The smallest absolute Gasteiger partial charge is 0.211 e. The number of aromatic nitrogens is 3. The van der Waals surface area contributed by atoms with Gasteiger partial charge in [-0.1, -0.05) is 54.6 Å². The first-order chi connectivity index (χ1) is 15.4. The van der Waals surface area contributed by atoms with Crippen LogP contribution in [-0.4, -0.2) is 20.9 Å².